The molecule has 1 aliphatic carbocycles. The first-order valence-corrected chi connectivity index (χ1v) is 13.8. The maximum atomic E-state index is 12.1. The Labute approximate surface area is 165 Å². The lowest BCUT2D eigenvalue weighted by molar-refractivity contribution is 0.166. The molecule has 150 valence electrons. The van der Waals surface area contributed by atoms with Crippen molar-refractivity contribution in [2.24, 2.45) is 22.2 Å². The minimum Gasteiger partial charge on any atom is -0.591 e. The van der Waals surface area contributed by atoms with E-state index in [1.54, 1.807) is 6.21 Å². The summed E-state index contributed by atoms with van der Waals surface area (Å²) in [4.78, 5) is 0. The summed E-state index contributed by atoms with van der Waals surface area (Å²) in [6.45, 7) is 18.0. The van der Waals surface area contributed by atoms with Crippen molar-refractivity contribution < 1.29 is 8.98 Å². The minimum atomic E-state index is -1.69. The van der Waals surface area contributed by atoms with Crippen LogP contribution >= 0.6 is 0 Å². The molecule has 0 radical (unpaired) electrons. The van der Waals surface area contributed by atoms with Gasteiger partial charge in [-0.25, -0.2) is 0 Å². The molecule has 0 aliphatic heterocycles. The van der Waals surface area contributed by atoms with Gasteiger partial charge in [-0.15, -0.1) is 0 Å². The van der Waals surface area contributed by atoms with Gasteiger partial charge in [0.2, 0.25) is 0 Å². The predicted octanol–water partition coefficient (Wildman–Crippen LogP) is 5.49. The molecule has 1 fully saturated rings. The summed E-state index contributed by atoms with van der Waals surface area (Å²) in [6.07, 6.45) is 5.90. The molecule has 0 bridgehead atoms. The van der Waals surface area contributed by atoms with E-state index in [-0.39, 0.29) is 15.7 Å². The number of hydrogen-bond acceptors (Lipinski definition) is 4. The van der Waals surface area contributed by atoms with E-state index in [1.165, 1.54) is 0 Å². The van der Waals surface area contributed by atoms with E-state index in [2.05, 4.69) is 44.3 Å². The molecule has 0 aromatic carbocycles. The van der Waals surface area contributed by atoms with E-state index in [0.29, 0.717) is 11.8 Å². The predicted molar refractivity (Wildman–Crippen MR) is 114 cm³/mol. The monoisotopic (exact) mass is 398 g/mol. The van der Waals surface area contributed by atoms with Crippen molar-refractivity contribution in [1.82, 2.24) is 0 Å². The fourth-order valence-electron chi connectivity index (χ4n) is 2.80. The van der Waals surface area contributed by atoms with Crippen LogP contribution in [0.2, 0.25) is 18.1 Å². The lowest BCUT2D eigenvalue weighted by Crippen LogP contribution is -2.42. The first-order valence-electron chi connectivity index (χ1n) is 9.77. The van der Waals surface area contributed by atoms with Crippen molar-refractivity contribution >= 4 is 25.9 Å². The Morgan fingerprint density at radius 3 is 2.15 bits per heavy atom. The first kappa shape index (κ1) is 23.7. The fraction of sp³-hybridized carbons (Fsp3) is 0.900. The van der Waals surface area contributed by atoms with Crippen LogP contribution in [0.1, 0.15) is 67.2 Å². The third kappa shape index (κ3) is 6.99. The van der Waals surface area contributed by atoms with E-state index in [0.717, 1.165) is 32.3 Å². The molecule has 1 rings (SSSR count). The quantitative estimate of drug-likeness (QED) is 0.337. The van der Waals surface area contributed by atoms with Gasteiger partial charge in [0.25, 0.3) is 0 Å². The SMILES string of the molecule is CC(C)(C)[S@+]([O-])/N=C/[C@H](C#N)C1CCC(CO[Si](C)(C)C(C)(C)C)CC1. The van der Waals surface area contributed by atoms with Crippen molar-refractivity contribution in [2.45, 2.75) is 90.1 Å². The summed E-state index contributed by atoms with van der Waals surface area (Å²) in [5.41, 5.74) is 0. The topological polar surface area (TPSA) is 68.4 Å². The smallest absolute Gasteiger partial charge is 0.191 e. The molecule has 26 heavy (non-hydrogen) atoms. The van der Waals surface area contributed by atoms with Gasteiger partial charge in [0.1, 0.15) is 16.1 Å². The van der Waals surface area contributed by atoms with Gasteiger partial charge in [0.15, 0.2) is 8.32 Å². The molecule has 0 aromatic heterocycles. The molecule has 0 amide bonds. The second kappa shape index (κ2) is 9.23. The molecule has 0 aromatic rings. The van der Waals surface area contributed by atoms with E-state index < -0.39 is 19.7 Å². The summed E-state index contributed by atoms with van der Waals surface area (Å²) < 4.78 is 22.2. The molecule has 0 unspecified atom stereocenters. The highest BCUT2D eigenvalue weighted by atomic mass is 32.2. The number of hydrogen-bond donors (Lipinski definition) is 0. The second-order valence-electron chi connectivity index (χ2n) is 10.1. The Morgan fingerprint density at radius 2 is 1.73 bits per heavy atom. The first-order chi connectivity index (χ1) is 11.8. The second-order valence-corrected chi connectivity index (χ2v) is 16.9. The third-order valence-electron chi connectivity index (χ3n) is 5.88. The molecule has 0 saturated heterocycles. The highest BCUT2D eigenvalue weighted by Gasteiger charge is 2.38. The Bertz CT molecular complexity index is 509. The molecule has 6 heteroatoms. The standard InChI is InChI=1S/C20H38N2O2SSi/c1-19(2,3)25(23)22-14-18(13-21)17-11-9-16(10-12-17)15-24-26(7,8)20(4,5)6/h14,16-18H,9-12,15H2,1-8H3/b22-14+/t16?,17?,18-,25-/m0/s1. The molecule has 0 heterocycles. The Balaban J connectivity index is 2.52. The largest absolute Gasteiger partial charge is 0.591 e. The zero-order valence-electron chi connectivity index (χ0n) is 18.0. The van der Waals surface area contributed by atoms with E-state index in [4.69, 9.17) is 4.43 Å². The van der Waals surface area contributed by atoms with Gasteiger partial charge in [-0.05, 0) is 76.4 Å². The van der Waals surface area contributed by atoms with Gasteiger partial charge in [-0.3, -0.25) is 0 Å². The summed E-state index contributed by atoms with van der Waals surface area (Å²) in [5, 5.41) is 9.75. The minimum absolute atomic E-state index is 0.233. The van der Waals surface area contributed by atoms with Crippen LogP contribution in [0.25, 0.3) is 0 Å². The van der Waals surface area contributed by atoms with Crippen LogP contribution in [0.4, 0.5) is 0 Å². The van der Waals surface area contributed by atoms with Crippen LogP contribution < -0.4 is 0 Å². The zero-order valence-corrected chi connectivity index (χ0v) is 19.8. The third-order valence-corrected chi connectivity index (χ3v) is 11.7. The summed E-state index contributed by atoms with van der Waals surface area (Å²) in [6, 6.07) is 2.36. The van der Waals surface area contributed by atoms with E-state index >= 15 is 0 Å². The van der Waals surface area contributed by atoms with Crippen molar-refractivity contribution in [3.63, 3.8) is 0 Å². The van der Waals surface area contributed by atoms with Gasteiger partial charge in [-0.2, -0.15) is 5.26 Å². The Morgan fingerprint density at radius 1 is 1.19 bits per heavy atom. The summed E-state index contributed by atoms with van der Waals surface area (Å²) in [7, 11) is -1.69. The van der Waals surface area contributed by atoms with Crippen LogP contribution in [0, 0.1) is 29.1 Å². The lowest BCUT2D eigenvalue weighted by atomic mass is 9.77. The molecule has 2 atom stereocenters. The van der Waals surface area contributed by atoms with Crippen molar-refractivity contribution in [2.75, 3.05) is 6.61 Å². The highest BCUT2D eigenvalue weighted by Crippen LogP contribution is 2.38. The van der Waals surface area contributed by atoms with E-state index in [1.807, 2.05) is 20.8 Å². The lowest BCUT2D eigenvalue weighted by Gasteiger charge is -2.38. The molecule has 4 nitrogen and oxygen atoms in total. The average molecular weight is 399 g/mol. The van der Waals surface area contributed by atoms with Crippen LogP contribution in [-0.2, 0) is 15.8 Å². The molecular weight excluding hydrogens is 360 g/mol. The fourth-order valence-corrected chi connectivity index (χ4v) is 4.44. The van der Waals surface area contributed by atoms with Gasteiger partial charge >= 0.3 is 0 Å². The molecule has 0 spiro atoms. The van der Waals surface area contributed by atoms with Crippen molar-refractivity contribution in [3.05, 3.63) is 0 Å². The van der Waals surface area contributed by atoms with Crippen LogP contribution in [0.15, 0.2) is 4.40 Å². The Hall–Kier alpha value is -0.353. The maximum Gasteiger partial charge on any atom is 0.191 e. The number of nitrogens with zero attached hydrogens (tertiary/aromatic N) is 2. The molecule has 0 N–H and O–H groups in total. The van der Waals surface area contributed by atoms with Crippen LogP contribution in [0.3, 0.4) is 0 Å². The Kier molecular flexibility index (Phi) is 8.41. The molecule has 1 aliphatic rings. The summed E-state index contributed by atoms with van der Waals surface area (Å²) >= 11 is -1.29. The van der Waals surface area contributed by atoms with Crippen molar-refractivity contribution in [1.29, 1.82) is 5.26 Å². The zero-order chi connectivity index (χ0) is 20.2. The van der Waals surface area contributed by atoms with E-state index in [9.17, 15) is 9.81 Å². The van der Waals surface area contributed by atoms with Gasteiger partial charge in [-0.1, -0.05) is 25.2 Å². The van der Waals surface area contributed by atoms with Gasteiger partial charge < -0.3 is 8.98 Å². The maximum absolute atomic E-state index is 12.1. The number of rotatable bonds is 6. The molecular formula is C20H38N2O2SSi. The van der Waals surface area contributed by atoms with Gasteiger partial charge in [0, 0.05) is 6.61 Å². The van der Waals surface area contributed by atoms with Crippen LogP contribution in [-0.4, -0.2) is 30.4 Å². The normalized spacial score (nSPS) is 25.1. The summed E-state index contributed by atoms with van der Waals surface area (Å²) in [5.74, 6) is 0.689. The van der Waals surface area contributed by atoms with Crippen molar-refractivity contribution in [3.8, 4) is 6.07 Å². The van der Waals surface area contributed by atoms with Gasteiger partial charge in [0.05, 0.1) is 18.2 Å². The highest BCUT2D eigenvalue weighted by molar-refractivity contribution is 7.91. The van der Waals surface area contributed by atoms with Crippen LogP contribution in [0.5, 0.6) is 0 Å². The molecule has 1 saturated carbocycles. The average Bonchev–Trinajstić information content (AvgIpc) is 2.52. The number of nitriles is 1.